The number of rotatable bonds is 2. The number of carboxylic acids is 1. The highest BCUT2D eigenvalue weighted by Crippen LogP contribution is 2.16. The molecule has 0 radical (unpaired) electrons. The van der Waals surface area contributed by atoms with Crippen molar-refractivity contribution in [3.8, 4) is 0 Å². The number of urea groups is 2. The molecule has 0 spiro atoms. The molecule has 2 fully saturated rings. The molecule has 0 bridgehead atoms. The molecule has 3 N–H and O–H groups in total. The molecule has 2 saturated heterocycles. The Morgan fingerprint density at radius 1 is 1.40 bits per heavy atom. The molecule has 4 amide bonds. The monoisotopic (exact) mass is 213 g/mol. The maximum atomic E-state index is 11.4. The van der Waals surface area contributed by atoms with E-state index in [2.05, 4.69) is 16.0 Å². The molecule has 8 heteroatoms. The highest BCUT2D eigenvalue weighted by molar-refractivity contribution is 5.87. The molecular formula is C7H9N4O4-. The first-order chi connectivity index (χ1) is 7.00. The molecule has 0 aliphatic carbocycles. The van der Waals surface area contributed by atoms with E-state index < -0.39 is 36.4 Å². The molecule has 82 valence electrons. The third kappa shape index (κ3) is 1.34. The number of carbonyl (C=O) groups excluding carboxylic acids is 3. The SMILES string of the molecule is C[C@@H](C(=O)[O-])N1C(=O)N[C@@H]2NC(=O)N[C@H]21. The number of hydrogen-bond donors (Lipinski definition) is 3. The Bertz CT molecular complexity index is 344. The lowest BCUT2D eigenvalue weighted by molar-refractivity contribution is -0.310. The van der Waals surface area contributed by atoms with Crippen LogP contribution in [0.3, 0.4) is 0 Å². The van der Waals surface area contributed by atoms with Gasteiger partial charge in [-0.2, -0.15) is 0 Å². The highest BCUT2D eigenvalue weighted by atomic mass is 16.4. The Morgan fingerprint density at radius 3 is 2.67 bits per heavy atom. The number of nitrogens with one attached hydrogen (secondary N) is 3. The predicted octanol–water partition coefficient (Wildman–Crippen LogP) is -2.88. The summed E-state index contributed by atoms with van der Waals surface area (Å²) < 4.78 is 0. The zero-order valence-electron chi connectivity index (χ0n) is 7.81. The van der Waals surface area contributed by atoms with Crippen LogP contribution in [0.2, 0.25) is 0 Å². The van der Waals surface area contributed by atoms with Crippen LogP contribution in [0.1, 0.15) is 6.92 Å². The van der Waals surface area contributed by atoms with E-state index in [-0.39, 0.29) is 0 Å². The fourth-order valence-corrected chi connectivity index (χ4v) is 1.69. The average molecular weight is 213 g/mol. The summed E-state index contributed by atoms with van der Waals surface area (Å²) >= 11 is 0. The molecule has 3 atom stereocenters. The largest absolute Gasteiger partial charge is 0.548 e. The topological polar surface area (TPSA) is 114 Å². The van der Waals surface area contributed by atoms with Crippen LogP contribution >= 0.6 is 0 Å². The Morgan fingerprint density at radius 2 is 2.07 bits per heavy atom. The van der Waals surface area contributed by atoms with Gasteiger partial charge in [-0.05, 0) is 6.92 Å². The molecular weight excluding hydrogens is 204 g/mol. The second-order valence-electron chi connectivity index (χ2n) is 3.39. The molecule has 8 nitrogen and oxygen atoms in total. The summed E-state index contributed by atoms with van der Waals surface area (Å²) in [7, 11) is 0. The molecule has 0 unspecified atom stereocenters. The van der Waals surface area contributed by atoms with Gasteiger partial charge in [0.15, 0.2) is 0 Å². The fraction of sp³-hybridized carbons (Fsp3) is 0.571. The minimum absolute atomic E-state index is 0.444. The van der Waals surface area contributed by atoms with Crippen molar-refractivity contribution in [1.29, 1.82) is 0 Å². The highest BCUT2D eigenvalue weighted by Gasteiger charge is 2.47. The van der Waals surface area contributed by atoms with Crippen LogP contribution in [0.15, 0.2) is 0 Å². The Labute approximate surface area is 84.6 Å². The second kappa shape index (κ2) is 3.01. The van der Waals surface area contributed by atoms with E-state index in [4.69, 9.17) is 0 Å². The van der Waals surface area contributed by atoms with E-state index in [1.54, 1.807) is 0 Å². The summed E-state index contributed by atoms with van der Waals surface area (Å²) in [6, 6.07) is -2.09. The number of nitrogens with zero attached hydrogens (tertiary/aromatic N) is 1. The first-order valence-corrected chi connectivity index (χ1v) is 4.37. The second-order valence-corrected chi connectivity index (χ2v) is 3.39. The van der Waals surface area contributed by atoms with Gasteiger partial charge >= 0.3 is 12.1 Å². The van der Waals surface area contributed by atoms with Crippen molar-refractivity contribution in [1.82, 2.24) is 20.9 Å². The van der Waals surface area contributed by atoms with Gasteiger partial charge in [-0.1, -0.05) is 0 Å². The number of carboxylic acid groups (broad SMARTS) is 1. The van der Waals surface area contributed by atoms with Crippen LogP contribution in [0.25, 0.3) is 0 Å². The number of amides is 4. The van der Waals surface area contributed by atoms with Crippen LogP contribution < -0.4 is 21.1 Å². The van der Waals surface area contributed by atoms with Gasteiger partial charge in [0, 0.05) is 0 Å². The van der Waals surface area contributed by atoms with Crippen molar-refractivity contribution < 1.29 is 19.5 Å². The van der Waals surface area contributed by atoms with E-state index in [1.165, 1.54) is 6.92 Å². The first-order valence-electron chi connectivity index (χ1n) is 4.37. The Hall–Kier alpha value is -1.99. The standard InChI is InChI=1S/C7H10N4O4/c1-2(5(12)13)11-4-3(9-7(11)15)8-6(14)10-4/h2-4H,1H3,(H,9,15)(H,12,13)(H2,8,10,14)/p-1/t2-,3-,4-/m0/s1. The smallest absolute Gasteiger partial charge is 0.321 e. The normalized spacial score (nSPS) is 30.3. The number of hydrogen-bond acceptors (Lipinski definition) is 4. The lowest BCUT2D eigenvalue weighted by atomic mass is 10.3. The summed E-state index contributed by atoms with van der Waals surface area (Å²) in [5.74, 6) is -1.37. The molecule has 0 saturated carbocycles. The van der Waals surface area contributed by atoms with Gasteiger partial charge in [0.25, 0.3) is 0 Å². The zero-order valence-corrected chi connectivity index (χ0v) is 7.81. The predicted molar refractivity (Wildman–Crippen MR) is 44.1 cm³/mol. The molecule has 2 rings (SSSR count). The molecule has 0 aromatic carbocycles. The van der Waals surface area contributed by atoms with Crippen molar-refractivity contribution in [3.05, 3.63) is 0 Å². The zero-order chi connectivity index (χ0) is 11.2. The molecule has 0 aromatic rings. The van der Waals surface area contributed by atoms with Crippen LogP contribution in [-0.4, -0.2) is 41.3 Å². The van der Waals surface area contributed by atoms with Crippen molar-refractivity contribution in [2.45, 2.75) is 25.3 Å². The summed E-state index contributed by atoms with van der Waals surface area (Å²) in [5, 5.41) is 17.9. The third-order valence-corrected chi connectivity index (χ3v) is 2.45. The van der Waals surface area contributed by atoms with Gasteiger partial charge in [0.1, 0.15) is 12.3 Å². The molecule has 0 aromatic heterocycles. The van der Waals surface area contributed by atoms with Crippen molar-refractivity contribution >= 4 is 18.0 Å². The first kappa shape index (κ1) is 9.56. The van der Waals surface area contributed by atoms with Crippen molar-refractivity contribution in [3.63, 3.8) is 0 Å². The van der Waals surface area contributed by atoms with E-state index >= 15 is 0 Å². The van der Waals surface area contributed by atoms with Crippen molar-refractivity contribution in [2.24, 2.45) is 0 Å². The maximum absolute atomic E-state index is 11.4. The van der Waals surface area contributed by atoms with Crippen molar-refractivity contribution in [2.75, 3.05) is 0 Å². The molecule has 2 aliphatic heterocycles. The maximum Gasteiger partial charge on any atom is 0.321 e. The molecule has 15 heavy (non-hydrogen) atoms. The average Bonchev–Trinajstić information content (AvgIpc) is 2.58. The fourth-order valence-electron chi connectivity index (χ4n) is 1.69. The van der Waals surface area contributed by atoms with Gasteiger partial charge in [0.05, 0.1) is 12.0 Å². The van der Waals surface area contributed by atoms with Gasteiger partial charge < -0.3 is 25.9 Å². The number of carbonyl (C=O) groups is 3. The van der Waals surface area contributed by atoms with Gasteiger partial charge in [-0.25, -0.2) is 9.59 Å². The van der Waals surface area contributed by atoms with E-state index in [0.29, 0.717) is 0 Å². The van der Waals surface area contributed by atoms with Gasteiger partial charge in [0.2, 0.25) is 0 Å². The minimum Gasteiger partial charge on any atom is -0.548 e. The molecule has 2 heterocycles. The van der Waals surface area contributed by atoms with E-state index in [1.807, 2.05) is 0 Å². The number of fused-ring (bicyclic) bond motifs is 1. The number of aliphatic carboxylic acids is 1. The van der Waals surface area contributed by atoms with E-state index in [0.717, 1.165) is 4.90 Å². The van der Waals surface area contributed by atoms with Crippen LogP contribution in [0.5, 0.6) is 0 Å². The Balaban J connectivity index is 2.20. The lowest BCUT2D eigenvalue weighted by Crippen LogP contribution is -2.54. The summed E-state index contributed by atoms with van der Waals surface area (Å²) in [5.41, 5.74) is 0. The van der Waals surface area contributed by atoms with Crippen LogP contribution in [0, 0.1) is 0 Å². The van der Waals surface area contributed by atoms with Gasteiger partial charge in [-0.3, -0.25) is 4.90 Å². The van der Waals surface area contributed by atoms with Crippen LogP contribution in [0.4, 0.5) is 9.59 Å². The Kier molecular flexibility index (Phi) is 1.92. The van der Waals surface area contributed by atoms with Gasteiger partial charge in [-0.15, -0.1) is 0 Å². The van der Waals surface area contributed by atoms with E-state index in [9.17, 15) is 19.5 Å². The minimum atomic E-state index is -1.37. The summed E-state index contributed by atoms with van der Waals surface area (Å²) in [6.45, 7) is 1.32. The van der Waals surface area contributed by atoms with Crippen LogP contribution in [-0.2, 0) is 4.79 Å². The summed E-state index contributed by atoms with van der Waals surface area (Å²) in [6.07, 6.45) is -1.27. The third-order valence-electron chi connectivity index (χ3n) is 2.45. The molecule has 2 aliphatic rings. The summed E-state index contributed by atoms with van der Waals surface area (Å²) in [4.78, 5) is 34.0. The quantitative estimate of drug-likeness (QED) is 0.457. The lowest BCUT2D eigenvalue weighted by Gasteiger charge is -2.28.